The molecule has 0 unspecified atom stereocenters. The van der Waals surface area contributed by atoms with Crippen molar-refractivity contribution in [3.05, 3.63) is 18.0 Å². The van der Waals surface area contributed by atoms with Gasteiger partial charge in [0.05, 0.1) is 0 Å². The average molecular weight is 292 g/mol. The maximum Gasteiger partial charge on any atom is 0.322 e. The SMILES string of the molecule is CC(C)C[C@H]1CCN(Cc2cnc(NCC(=O)O)nc2)C1. The molecule has 1 atom stereocenters. The molecule has 2 heterocycles. The molecule has 0 amide bonds. The number of anilines is 1. The largest absolute Gasteiger partial charge is 0.480 e. The Hall–Kier alpha value is -1.69. The van der Waals surface area contributed by atoms with E-state index < -0.39 is 5.97 Å². The van der Waals surface area contributed by atoms with E-state index in [-0.39, 0.29) is 6.54 Å². The summed E-state index contributed by atoms with van der Waals surface area (Å²) in [6.07, 6.45) is 6.11. The van der Waals surface area contributed by atoms with Crippen LogP contribution in [-0.4, -0.2) is 45.6 Å². The maximum atomic E-state index is 10.5. The van der Waals surface area contributed by atoms with Crippen LogP contribution in [0.1, 0.15) is 32.3 Å². The first-order chi connectivity index (χ1) is 10.0. The highest BCUT2D eigenvalue weighted by molar-refractivity contribution is 5.71. The van der Waals surface area contributed by atoms with Crippen LogP contribution in [0.25, 0.3) is 0 Å². The molecule has 2 rings (SSSR count). The molecule has 1 saturated heterocycles. The van der Waals surface area contributed by atoms with Gasteiger partial charge in [-0.2, -0.15) is 0 Å². The summed E-state index contributed by atoms with van der Waals surface area (Å²) in [7, 11) is 0. The van der Waals surface area contributed by atoms with Crippen LogP contribution < -0.4 is 5.32 Å². The van der Waals surface area contributed by atoms with E-state index >= 15 is 0 Å². The van der Waals surface area contributed by atoms with E-state index in [4.69, 9.17) is 5.11 Å². The highest BCUT2D eigenvalue weighted by Crippen LogP contribution is 2.24. The fraction of sp³-hybridized carbons (Fsp3) is 0.667. The molecular formula is C15H24N4O2. The summed E-state index contributed by atoms with van der Waals surface area (Å²) in [6.45, 7) is 7.54. The molecule has 1 fully saturated rings. The zero-order chi connectivity index (χ0) is 15.2. The van der Waals surface area contributed by atoms with Gasteiger partial charge in [0.15, 0.2) is 0 Å². The number of carboxylic acids is 1. The van der Waals surface area contributed by atoms with Gasteiger partial charge in [-0.15, -0.1) is 0 Å². The Morgan fingerprint density at radius 1 is 1.48 bits per heavy atom. The van der Waals surface area contributed by atoms with Crippen molar-refractivity contribution in [2.75, 3.05) is 25.0 Å². The van der Waals surface area contributed by atoms with Crippen LogP contribution in [0.3, 0.4) is 0 Å². The fourth-order valence-electron chi connectivity index (χ4n) is 2.86. The molecule has 1 aliphatic rings. The summed E-state index contributed by atoms with van der Waals surface area (Å²) in [6, 6.07) is 0. The van der Waals surface area contributed by atoms with Gasteiger partial charge in [0.2, 0.25) is 5.95 Å². The van der Waals surface area contributed by atoms with Gasteiger partial charge in [-0.1, -0.05) is 13.8 Å². The van der Waals surface area contributed by atoms with Crippen molar-refractivity contribution >= 4 is 11.9 Å². The van der Waals surface area contributed by atoms with E-state index in [0.29, 0.717) is 5.95 Å². The topological polar surface area (TPSA) is 78.4 Å². The smallest absolute Gasteiger partial charge is 0.322 e. The van der Waals surface area contributed by atoms with Gasteiger partial charge in [-0.25, -0.2) is 9.97 Å². The Bertz CT molecular complexity index is 461. The molecule has 116 valence electrons. The Balaban J connectivity index is 1.80. The number of hydrogen-bond acceptors (Lipinski definition) is 5. The summed E-state index contributed by atoms with van der Waals surface area (Å²) in [5.41, 5.74) is 1.07. The molecular weight excluding hydrogens is 268 g/mol. The third kappa shape index (κ3) is 5.30. The monoisotopic (exact) mass is 292 g/mol. The van der Waals surface area contributed by atoms with E-state index in [1.807, 2.05) is 0 Å². The first kappa shape index (κ1) is 15.7. The molecule has 1 aromatic heterocycles. The van der Waals surface area contributed by atoms with Crippen molar-refractivity contribution in [2.45, 2.75) is 33.2 Å². The van der Waals surface area contributed by atoms with Gasteiger partial charge in [-0.3, -0.25) is 9.69 Å². The normalized spacial score (nSPS) is 19.1. The molecule has 6 nitrogen and oxygen atoms in total. The predicted octanol–water partition coefficient (Wildman–Crippen LogP) is 1.84. The second-order valence-electron chi connectivity index (χ2n) is 6.18. The quantitative estimate of drug-likeness (QED) is 0.798. The lowest BCUT2D eigenvalue weighted by Gasteiger charge is -2.16. The summed E-state index contributed by atoms with van der Waals surface area (Å²) < 4.78 is 0. The van der Waals surface area contributed by atoms with Crippen LogP contribution in [0.2, 0.25) is 0 Å². The number of nitrogens with zero attached hydrogens (tertiary/aromatic N) is 3. The van der Waals surface area contributed by atoms with Crippen LogP contribution in [0.4, 0.5) is 5.95 Å². The number of carboxylic acid groups (broad SMARTS) is 1. The number of likely N-dealkylation sites (tertiary alicyclic amines) is 1. The van der Waals surface area contributed by atoms with E-state index in [1.165, 1.54) is 12.8 Å². The molecule has 21 heavy (non-hydrogen) atoms. The number of aromatic nitrogens is 2. The molecule has 6 heteroatoms. The van der Waals surface area contributed by atoms with Gasteiger partial charge in [0.25, 0.3) is 0 Å². The number of nitrogens with one attached hydrogen (secondary N) is 1. The lowest BCUT2D eigenvalue weighted by Crippen LogP contribution is -2.21. The van der Waals surface area contributed by atoms with Gasteiger partial charge in [-0.05, 0) is 31.2 Å². The van der Waals surface area contributed by atoms with Crippen molar-refractivity contribution in [2.24, 2.45) is 11.8 Å². The molecule has 0 bridgehead atoms. The van der Waals surface area contributed by atoms with Gasteiger partial charge < -0.3 is 10.4 Å². The first-order valence-corrected chi connectivity index (χ1v) is 7.52. The molecule has 1 aliphatic heterocycles. The summed E-state index contributed by atoms with van der Waals surface area (Å²) in [4.78, 5) is 21.2. The second-order valence-corrected chi connectivity index (χ2v) is 6.18. The van der Waals surface area contributed by atoms with E-state index in [1.54, 1.807) is 12.4 Å². The highest BCUT2D eigenvalue weighted by Gasteiger charge is 2.23. The van der Waals surface area contributed by atoms with E-state index in [0.717, 1.165) is 37.0 Å². The summed E-state index contributed by atoms with van der Waals surface area (Å²) >= 11 is 0. The number of rotatable bonds is 7. The minimum atomic E-state index is -0.920. The van der Waals surface area contributed by atoms with E-state index in [2.05, 4.69) is 34.0 Å². The fourth-order valence-corrected chi connectivity index (χ4v) is 2.86. The second kappa shape index (κ2) is 7.36. The molecule has 0 radical (unpaired) electrons. The van der Waals surface area contributed by atoms with Crippen LogP contribution in [0, 0.1) is 11.8 Å². The van der Waals surface area contributed by atoms with Crippen LogP contribution >= 0.6 is 0 Å². The third-order valence-corrected chi connectivity index (χ3v) is 3.68. The maximum absolute atomic E-state index is 10.5. The third-order valence-electron chi connectivity index (χ3n) is 3.68. The molecule has 1 aromatic rings. The van der Waals surface area contributed by atoms with Crippen molar-refractivity contribution in [3.8, 4) is 0 Å². The number of aliphatic carboxylic acids is 1. The average Bonchev–Trinajstić information content (AvgIpc) is 2.84. The zero-order valence-corrected chi connectivity index (χ0v) is 12.7. The van der Waals surface area contributed by atoms with Crippen molar-refractivity contribution in [1.82, 2.24) is 14.9 Å². The Morgan fingerprint density at radius 2 is 2.19 bits per heavy atom. The molecule has 0 aromatic carbocycles. The van der Waals surface area contributed by atoms with Crippen LogP contribution in [0.5, 0.6) is 0 Å². The van der Waals surface area contributed by atoms with Crippen LogP contribution in [-0.2, 0) is 11.3 Å². The first-order valence-electron chi connectivity index (χ1n) is 7.52. The van der Waals surface area contributed by atoms with Gasteiger partial charge in [0.1, 0.15) is 6.54 Å². The van der Waals surface area contributed by atoms with E-state index in [9.17, 15) is 4.79 Å². The van der Waals surface area contributed by atoms with Crippen molar-refractivity contribution < 1.29 is 9.90 Å². The minimum Gasteiger partial charge on any atom is -0.480 e. The summed E-state index contributed by atoms with van der Waals surface area (Å²) in [5.74, 6) is 1.01. The standard InChI is InChI=1S/C15H24N4O2/c1-11(2)5-12-3-4-19(9-12)10-13-6-16-15(17-7-13)18-8-14(20)21/h6-7,11-12H,3-5,8-10H2,1-2H3,(H,20,21)(H,16,17,18)/t12-/m1/s1. The number of carbonyl (C=O) groups is 1. The van der Waals surface area contributed by atoms with Gasteiger partial charge >= 0.3 is 5.97 Å². The predicted molar refractivity (Wildman–Crippen MR) is 81.0 cm³/mol. The lowest BCUT2D eigenvalue weighted by atomic mass is 9.97. The molecule has 0 spiro atoms. The Labute approximate surface area is 125 Å². The summed E-state index contributed by atoms with van der Waals surface area (Å²) in [5, 5.41) is 11.2. The zero-order valence-electron chi connectivity index (χ0n) is 12.7. The van der Waals surface area contributed by atoms with Crippen LogP contribution in [0.15, 0.2) is 12.4 Å². The molecule has 2 N–H and O–H groups in total. The minimum absolute atomic E-state index is 0.164. The van der Waals surface area contributed by atoms with Crippen molar-refractivity contribution in [1.29, 1.82) is 0 Å². The van der Waals surface area contributed by atoms with Gasteiger partial charge in [0, 0.05) is 31.0 Å². The highest BCUT2D eigenvalue weighted by atomic mass is 16.4. The molecule has 0 aliphatic carbocycles. The Kier molecular flexibility index (Phi) is 5.50. The Morgan fingerprint density at radius 3 is 2.81 bits per heavy atom. The lowest BCUT2D eigenvalue weighted by molar-refractivity contribution is -0.134. The number of hydrogen-bond donors (Lipinski definition) is 2. The van der Waals surface area contributed by atoms with Crippen molar-refractivity contribution in [3.63, 3.8) is 0 Å². The molecule has 0 saturated carbocycles.